The van der Waals surface area contributed by atoms with E-state index in [1.165, 1.54) is 24.3 Å². The second-order valence-electron chi connectivity index (χ2n) is 5.53. The van der Waals surface area contributed by atoms with Crippen LogP contribution >= 0.6 is 0 Å². The molecule has 1 saturated carbocycles. The van der Waals surface area contributed by atoms with Gasteiger partial charge in [-0.25, -0.2) is 0 Å². The van der Waals surface area contributed by atoms with Crippen LogP contribution in [-0.2, 0) is 4.79 Å². The minimum Gasteiger partial charge on any atom is -0.481 e. The van der Waals surface area contributed by atoms with Crippen LogP contribution in [0.4, 0.5) is 5.69 Å². The molecule has 1 aromatic rings. The summed E-state index contributed by atoms with van der Waals surface area (Å²) in [6.45, 7) is 0. The van der Waals surface area contributed by atoms with E-state index in [-0.39, 0.29) is 30.0 Å². The van der Waals surface area contributed by atoms with Crippen molar-refractivity contribution in [2.45, 2.75) is 38.1 Å². The van der Waals surface area contributed by atoms with Crippen LogP contribution in [0.5, 0.6) is 0 Å². The van der Waals surface area contributed by atoms with Gasteiger partial charge >= 0.3 is 5.97 Å². The number of non-ortho nitro benzene ring substituents is 1. The number of carboxylic acid groups (broad SMARTS) is 1. The van der Waals surface area contributed by atoms with Gasteiger partial charge in [0.25, 0.3) is 11.6 Å². The first kappa shape index (κ1) is 15.9. The Labute approximate surface area is 127 Å². The number of rotatable bonds is 5. The fraction of sp³-hybridized carbons (Fsp3) is 0.467. The molecule has 0 radical (unpaired) electrons. The van der Waals surface area contributed by atoms with Crippen molar-refractivity contribution < 1.29 is 19.6 Å². The number of hydrogen-bond acceptors (Lipinski definition) is 4. The predicted molar refractivity (Wildman–Crippen MR) is 78.6 cm³/mol. The van der Waals surface area contributed by atoms with Gasteiger partial charge in [0, 0.05) is 23.7 Å². The van der Waals surface area contributed by atoms with Crippen LogP contribution in [0.2, 0.25) is 0 Å². The third-order valence-electron chi connectivity index (χ3n) is 4.00. The van der Waals surface area contributed by atoms with E-state index in [1.54, 1.807) is 0 Å². The number of nitro groups is 1. The highest BCUT2D eigenvalue weighted by Gasteiger charge is 2.28. The van der Waals surface area contributed by atoms with Gasteiger partial charge in [-0.2, -0.15) is 0 Å². The zero-order chi connectivity index (χ0) is 16.1. The highest BCUT2D eigenvalue weighted by Crippen LogP contribution is 2.27. The van der Waals surface area contributed by atoms with Gasteiger partial charge in [-0.3, -0.25) is 19.7 Å². The molecule has 0 heterocycles. The molecule has 7 heteroatoms. The Morgan fingerprint density at radius 1 is 1.23 bits per heavy atom. The summed E-state index contributed by atoms with van der Waals surface area (Å²) in [6.07, 6.45) is 3.53. The van der Waals surface area contributed by atoms with Crippen LogP contribution in [0.1, 0.15) is 42.5 Å². The van der Waals surface area contributed by atoms with Gasteiger partial charge in [0.15, 0.2) is 0 Å². The van der Waals surface area contributed by atoms with E-state index in [2.05, 4.69) is 5.32 Å². The summed E-state index contributed by atoms with van der Waals surface area (Å²) in [5, 5.41) is 22.4. The number of carbonyl (C=O) groups excluding carboxylic acids is 1. The molecule has 7 nitrogen and oxygen atoms in total. The average Bonchev–Trinajstić information content (AvgIpc) is 2.48. The fourth-order valence-corrected chi connectivity index (χ4v) is 2.85. The largest absolute Gasteiger partial charge is 0.481 e. The Morgan fingerprint density at radius 2 is 1.86 bits per heavy atom. The highest BCUT2D eigenvalue weighted by molar-refractivity contribution is 5.94. The standard InChI is InChI=1S/C15H18N2O5/c18-14(19)9-11-3-1-2-4-13(11)16-15(20)10-5-7-12(8-6-10)17(21)22/h5-8,11,13H,1-4,9H2,(H,16,20)(H,18,19)/t11-,13+/m0/s1. The summed E-state index contributed by atoms with van der Waals surface area (Å²) < 4.78 is 0. The van der Waals surface area contributed by atoms with Crippen molar-refractivity contribution in [3.05, 3.63) is 39.9 Å². The molecule has 1 fully saturated rings. The van der Waals surface area contributed by atoms with Gasteiger partial charge in [0.2, 0.25) is 0 Å². The Hall–Kier alpha value is -2.44. The zero-order valence-corrected chi connectivity index (χ0v) is 12.0. The summed E-state index contributed by atoms with van der Waals surface area (Å²) >= 11 is 0. The summed E-state index contributed by atoms with van der Waals surface area (Å²) in [5.74, 6) is -1.24. The number of carboxylic acids is 1. The quantitative estimate of drug-likeness (QED) is 0.641. The second kappa shape index (κ2) is 7.02. The van der Waals surface area contributed by atoms with E-state index in [1.807, 2.05) is 0 Å². The number of nitro benzene ring substituents is 1. The van der Waals surface area contributed by atoms with Crippen molar-refractivity contribution in [2.24, 2.45) is 5.92 Å². The molecule has 118 valence electrons. The molecule has 2 atom stereocenters. The Morgan fingerprint density at radius 3 is 2.45 bits per heavy atom. The molecular weight excluding hydrogens is 288 g/mol. The lowest BCUT2D eigenvalue weighted by atomic mass is 9.82. The number of nitrogens with zero attached hydrogens (tertiary/aromatic N) is 1. The van der Waals surface area contributed by atoms with Gasteiger partial charge < -0.3 is 10.4 Å². The molecule has 1 amide bonds. The molecule has 0 saturated heterocycles. The SMILES string of the molecule is O=C(O)C[C@@H]1CCCC[C@H]1NC(=O)c1ccc([N+](=O)[O-])cc1. The van der Waals surface area contributed by atoms with Crippen molar-refractivity contribution in [3.8, 4) is 0 Å². The zero-order valence-electron chi connectivity index (χ0n) is 12.0. The van der Waals surface area contributed by atoms with Gasteiger partial charge in [-0.15, -0.1) is 0 Å². The molecule has 1 aliphatic rings. The fourth-order valence-electron chi connectivity index (χ4n) is 2.85. The van der Waals surface area contributed by atoms with Crippen molar-refractivity contribution in [3.63, 3.8) is 0 Å². The lowest BCUT2D eigenvalue weighted by molar-refractivity contribution is -0.384. The van der Waals surface area contributed by atoms with Gasteiger partial charge in [0.1, 0.15) is 0 Å². The normalized spacial score (nSPS) is 21.1. The average molecular weight is 306 g/mol. The van der Waals surface area contributed by atoms with Crippen molar-refractivity contribution >= 4 is 17.6 Å². The monoisotopic (exact) mass is 306 g/mol. The molecule has 1 aromatic carbocycles. The van der Waals surface area contributed by atoms with Crippen molar-refractivity contribution in [1.82, 2.24) is 5.32 Å². The van der Waals surface area contributed by atoms with Crippen LogP contribution in [0.3, 0.4) is 0 Å². The Balaban J connectivity index is 2.02. The Kier molecular flexibility index (Phi) is 5.08. The van der Waals surface area contributed by atoms with Crippen LogP contribution in [0.15, 0.2) is 24.3 Å². The molecule has 2 rings (SSSR count). The molecule has 0 bridgehead atoms. The third-order valence-corrected chi connectivity index (χ3v) is 4.00. The number of amides is 1. The van der Waals surface area contributed by atoms with Crippen LogP contribution in [0, 0.1) is 16.0 Å². The van der Waals surface area contributed by atoms with Crippen LogP contribution < -0.4 is 5.32 Å². The Bertz CT molecular complexity index is 570. The molecule has 0 aliphatic heterocycles. The van der Waals surface area contributed by atoms with E-state index in [0.29, 0.717) is 5.56 Å². The topological polar surface area (TPSA) is 110 Å². The molecule has 2 N–H and O–H groups in total. The van der Waals surface area contributed by atoms with E-state index < -0.39 is 10.9 Å². The first-order chi connectivity index (χ1) is 10.5. The van der Waals surface area contributed by atoms with E-state index in [4.69, 9.17) is 5.11 Å². The van der Waals surface area contributed by atoms with Crippen LogP contribution in [-0.4, -0.2) is 27.9 Å². The van der Waals surface area contributed by atoms with Crippen molar-refractivity contribution in [1.29, 1.82) is 0 Å². The number of aliphatic carboxylic acids is 1. The molecule has 1 aliphatic carbocycles. The molecule has 0 unspecified atom stereocenters. The van der Waals surface area contributed by atoms with Gasteiger partial charge in [-0.05, 0) is 30.9 Å². The number of nitrogens with one attached hydrogen (secondary N) is 1. The van der Waals surface area contributed by atoms with E-state index in [0.717, 1.165) is 25.7 Å². The minimum atomic E-state index is -0.860. The van der Waals surface area contributed by atoms with E-state index in [9.17, 15) is 19.7 Å². The maximum absolute atomic E-state index is 12.2. The summed E-state index contributed by atoms with van der Waals surface area (Å²) in [5.41, 5.74) is 0.267. The number of carbonyl (C=O) groups is 2. The van der Waals surface area contributed by atoms with Crippen LogP contribution in [0.25, 0.3) is 0 Å². The lowest BCUT2D eigenvalue weighted by Gasteiger charge is -2.31. The summed E-state index contributed by atoms with van der Waals surface area (Å²) in [7, 11) is 0. The van der Waals surface area contributed by atoms with E-state index >= 15 is 0 Å². The van der Waals surface area contributed by atoms with Crippen molar-refractivity contribution in [2.75, 3.05) is 0 Å². The highest BCUT2D eigenvalue weighted by atomic mass is 16.6. The first-order valence-corrected chi connectivity index (χ1v) is 7.24. The lowest BCUT2D eigenvalue weighted by Crippen LogP contribution is -2.42. The summed E-state index contributed by atoms with van der Waals surface area (Å²) in [4.78, 5) is 33.2. The smallest absolute Gasteiger partial charge is 0.303 e. The predicted octanol–water partition coefficient (Wildman–Crippen LogP) is 2.36. The van der Waals surface area contributed by atoms with Gasteiger partial charge in [0.05, 0.1) is 11.3 Å². The van der Waals surface area contributed by atoms with Gasteiger partial charge in [-0.1, -0.05) is 12.8 Å². The molecule has 0 spiro atoms. The number of hydrogen-bond donors (Lipinski definition) is 2. The summed E-state index contributed by atoms with van der Waals surface area (Å²) in [6, 6.07) is 5.22. The molecule has 22 heavy (non-hydrogen) atoms. The minimum absolute atomic E-state index is 0.0468. The third kappa shape index (κ3) is 4.03. The maximum atomic E-state index is 12.2. The number of benzene rings is 1. The maximum Gasteiger partial charge on any atom is 0.303 e. The molecule has 0 aromatic heterocycles. The molecular formula is C15H18N2O5. The second-order valence-corrected chi connectivity index (χ2v) is 5.53. The first-order valence-electron chi connectivity index (χ1n) is 7.24.